The van der Waals surface area contributed by atoms with E-state index in [1.807, 2.05) is 30.7 Å². The van der Waals surface area contributed by atoms with E-state index in [9.17, 15) is 0 Å². The van der Waals surface area contributed by atoms with Crippen LogP contribution in [0, 0.1) is 12.8 Å². The summed E-state index contributed by atoms with van der Waals surface area (Å²) in [5, 5.41) is 15.5. The molecule has 7 nitrogen and oxygen atoms in total. The summed E-state index contributed by atoms with van der Waals surface area (Å²) in [4.78, 5) is 4.85. The highest BCUT2D eigenvalue weighted by molar-refractivity contribution is 5.80. The number of hydrogen-bond donors (Lipinski definition) is 2. The summed E-state index contributed by atoms with van der Waals surface area (Å²) < 4.78 is 7.25. The summed E-state index contributed by atoms with van der Waals surface area (Å²) in [6.45, 7) is 5.45. The molecule has 1 aromatic carbocycles. The molecule has 1 fully saturated rings. The molecule has 1 aromatic heterocycles. The Kier molecular flexibility index (Phi) is 8.11. The molecule has 0 amide bonds. The highest BCUT2D eigenvalue weighted by Crippen LogP contribution is 2.27. The van der Waals surface area contributed by atoms with Gasteiger partial charge in [0.1, 0.15) is 11.6 Å². The van der Waals surface area contributed by atoms with Crippen molar-refractivity contribution in [1.29, 1.82) is 0 Å². The molecule has 0 radical (unpaired) electrons. The molecule has 2 N–H and O–H groups in total. The second kappa shape index (κ2) is 11.0. The van der Waals surface area contributed by atoms with Crippen LogP contribution in [0.3, 0.4) is 0 Å². The van der Waals surface area contributed by atoms with E-state index in [0.29, 0.717) is 19.1 Å². The lowest BCUT2D eigenvalue weighted by molar-refractivity contribution is 0.294. The largest absolute Gasteiger partial charge is 0.497 e. The smallest absolute Gasteiger partial charge is 0.192 e. The molecule has 0 aliphatic heterocycles. The minimum absolute atomic E-state index is 0.474. The van der Waals surface area contributed by atoms with E-state index in [4.69, 9.17) is 9.73 Å². The first kappa shape index (κ1) is 22.1. The fourth-order valence-electron chi connectivity index (χ4n) is 4.02. The topological polar surface area (TPSA) is 76.4 Å². The van der Waals surface area contributed by atoms with Gasteiger partial charge in [0.15, 0.2) is 11.8 Å². The lowest BCUT2D eigenvalue weighted by Crippen LogP contribution is -2.45. The molecule has 7 heteroatoms. The van der Waals surface area contributed by atoms with E-state index in [1.54, 1.807) is 7.11 Å². The molecular weight excluding hydrogens is 376 g/mol. The third kappa shape index (κ3) is 6.21. The van der Waals surface area contributed by atoms with Crippen LogP contribution < -0.4 is 15.4 Å². The minimum atomic E-state index is 0.474. The van der Waals surface area contributed by atoms with Gasteiger partial charge in [-0.3, -0.25) is 0 Å². The molecule has 1 heterocycles. The Bertz CT molecular complexity index is 806. The number of benzene rings is 1. The van der Waals surface area contributed by atoms with Crippen molar-refractivity contribution in [3.8, 4) is 5.75 Å². The number of guanidine groups is 1. The van der Waals surface area contributed by atoms with Gasteiger partial charge in [-0.15, -0.1) is 10.2 Å². The molecular formula is C23H36N6O. The Morgan fingerprint density at radius 1 is 1.17 bits per heavy atom. The van der Waals surface area contributed by atoms with Crippen molar-refractivity contribution in [3.05, 3.63) is 41.5 Å². The lowest BCUT2D eigenvalue weighted by atomic mass is 9.83. The summed E-state index contributed by atoms with van der Waals surface area (Å²) in [7, 11) is 3.67. The maximum atomic E-state index is 5.25. The molecule has 30 heavy (non-hydrogen) atoms. The maximum absolute atomic E-state index is 5.25. The number of rotatable bonds is 8. The Hall–Kier alpha value is -2.57. The van der Waals surface area contributed by atoms with Crippen molar-refractivity contribution in [3.63, 3.8) is 0 Å². The van der Waals surface area contributed by atoms with Gasteiger partial charge in [0.2, 0.25) is 0 Å². The molecule has 164 valence electrons. The Balaban J connectivity index is 1.63. The third-order valence-corrected chi connectivity index (χ3v) is 6.06. The van der Waals surface area contributed by atoms with Crippen molar-refractivity contribution in [2.45, 2.75) is 71.5 Å². The number of methoxy groups -OCH3 is 1. The van der Waals surface area contributed by atoms with Crippen molar-refractivity contribution in [2.75, 3.05) is 7.11 Å². The predicted molar refractivity (Wildman–Crippen MR) is 121 cm³/mol. The summed E-state index contributed by atoms with van der Waals surface area (Å²) in [6, 6.07) is 8.54. The molecule has 0 saturated heterocycles. The number of nitrogens with one attached hydrogen (secondary N) is 2. The van der Waals surface area contributed by atoms with E-state index >= 15 is 0 Å². The summed E-state index contributed by atoms with van der Waals surface area (Å²) in [6.07, 6.45) is 7.67. The molecule has 0 bridgehead atoms. The first-order valence-corrected chi connectivity index (χ1v) is 11.1. The molecule has 0 unspecified atom stereocenters. The van der Waals surface area contributed by atoms with E-state index < -0.39 is 0 Å². The van der Waals surface area contributed by atoms with Crippen LogP contribution in [0.2, 0.25) is 0 Å². The first-order valence-electron chi connectivity index (χ1n) is 11.1. The van der Waals surface area contributed by atoms with Crippen LogP contribution in [0.25, 0.3) is 0 Å². The van der Waals surface area contributed by atoms with E-state index in [1.165, 1.54) is 38.5 Å². The van der Waals surface area contributed by atoms with Crippen molar-refractivity contribution in [1.82, 2.24) is 25.4 Å². The van der Waals surface area contributed by atoms with Gasteiger partial charge < -0.3 is 19.9 Å². The zero-order valence-corrected chi connectivity index (χ0v) is 18.8. The quantitative estimate of drug-likeness (QED) is 0.510. The van der Waals surface area contributed by atoms with Gasteiger partial charge in [-0.05, 0) is 56.2 Å². The Morgan fingerprint density at radius 3 is 2.50 bits per heavy atom. The molecule has 1 aliphatic rings. The van der Waals surface area contributed by atoms with Crippen LogP contribution >= 0.6 is 0 Å². The van der Waals surface area contributed by atoms with Crippen LogP contribution in [0.5, 0.6) is 5.75 Å². The molecule has 1 aliphatic carbocycles. The molecule has 0 spiro atoms. The Labute approximate surface area is 180 Å². The van der Waals surface area contributed by atoms with Gasteiger partial charge >= 0.3 is 0 Å². The van der Waals surface area contributed by atoms with Crippen LogP contribution in [0.15, 0.2) is 29.3 Å². The number of aryl methyl sites for hydroxylation is 1. The SMILES string of the molecule is CCCC1CCC(NC(=NCc2ccc(OC)cc2)NCc2nnc(C)n2C)CC1. The normalized spacial score (nSPS) is 19.5. The average Bonchev–Trinajstić information content (AvgIpc) is 3.09. The maximum Gasteiger partial charge on any atom is 0.192 e. The molecule has 1 saturated carbocycles. The lowest BCUT2D eigenvalue weighted by Gasteiger charge is -2.30. The fourth-order valence-corrected chi connectivity index (χ4v) is 4.02. The highest BCUT2D eigenvalue weighted by atomic mass is 16.5. The number of nitrogens with zero attached hydrogens (tertiary/aromatic N) is 4. The number of aromatic nitrogens is 3. The van der Waals surface area contributed by atoms with Crippen molar-refractivity contribution in [2.24, 2.45) is 18.0 Å². The average molecular weight is 413 g/mol. The number of aliphatic imine (C=N–C) groups is 1. The second-order valence-electron chi connectivity index (χ2n) is 8.24. The zero-order valence-electron chi connectivity index (χ0n) is 18.8. The van der Waals surface area contributed by atoms with Crippen LogP contribution in [-0.4, -0.2) is 33.9 Å². The van der Waals surface area contributed by atoms with Crippen molar-refractivity contribution >= 4 is 5.96 Å². The van der Waals surface area contributed by atoms with E-state index in [-0.39, 0.29) is 0 Å². The van der Waals surface area contributed by atoms with Crippen LogP contribution in [-0.2, 0) is 20.1 Å². The first-order chi connectivity index (χ1) is 14.6. The summed E-state index contributed by atoms with van der Waals surface area (Å²) in [5.41, 5.74) is 1.15. The molecule has 0 atom stereocenters. The minimum Gasteiger partial charge on any atom is -0.497 e. The van der Waals surface area contributed by atoms with Gasteiger partial charge in [-0.1, -0.05) is 31.9 Å². The molecule has 3 rings (SSSR count). The zero-order chi connectivity index (χ0) is 21.3. The van der Waals surface area contributed by atoms with Crippen LogP contribution in [0.4, 0.5) is 0 Å². The standard InChI is InChI=1S/C23H36N6O/c1-5-6-18-7-11-20(12-8-18)26-23(25-16-22-28-27-17(2)29(22)3)24-15-19-9-13-21(30-4)14-10-19/h9-10,13-14,18,20H,5-8,11-12,15-16H2,1-4H3,(H2,24,25,26). The number of hydrogen-bond acceptors (Lipinski definition) is 4. The highest BCUT2D eigenvalue weighted by Gasteiger charge is 2.21. The van der Waals surface area contributed by atoms with E-state index in [0.717, 1.165) is 34.8 Å². The van der Waals surface area contributed by atoms with Gasteiger partial charge in [0, 0.05) is 13.1 Å². The third-order valence-electron chi connectivity index (χ3n) is 6.06. The molecule has 2 aromatic rings. The summed E-state index contributed by atoms with van der Waals surface area (Å²) in [5.74, 6) is 4.40. The second-order valence-corrected chi connectivity index (χ2v) is 8.24. The van der Waals surface area contributed by atoms with Gasteiger partial charge in [-0.2, -0.15) is 0 Å². The Morgan fingerprint density at radius 2 is 1.90 bits per heavy atom. The van der Waals surface area contributed by atoms with Gasteiger partial charge in [0.25, 0.3) is 0 Å². The van der Waals surface area contributed by atoms with Gasteiger partial charge in [-0.25, -0.2) is 4.99 Å². The van der Waals surface area contributed by atoms with Gasteiger partial charge in [0.05, 0.1) is 20.2 Å². The predicted octanol–water partition coefficient (Wildman–Crippen LogP) is 3.73. The number of ether oxygens (including phenoxy) is 1. The van der Waals surface area contributed by atoms with Crippen molar-refractivity contribution < 1.29 is 4.74 Å². The fraction of sp³-hybridized carbons (Fsp3) is 0.609. The summed E-state index contributed by atoms with van der Waals surface area (Å²) >= 11 is 0. The monoisotopic (exact) mass is 412 g/mol. The van der Waals surface area contributed by atoms with E-state index in [2.05, 4.69) is 39.9 Å². The van der Waals surface area contributed by atoms with Crippen LogP contribution in [0.1, 0.15) is 62.7 Å².